The molecule has 1 fully saturated rings. The Labute approximate surface area is 210 Å². The lowest BCUT2D eigenvalue weighted by atomic mass is 9.98. The zero-order chi connectivity index (χ0) is 25.3. The van der Waals surface area contributed by atoms with Crippen LogP contribution in [0.25, 0.3) is 11.3 Å². The van der Waals surface area contributed by atoms with Crippen molar-refractivity contribution in [2.75, 3.05) is 24.4 Å². The standard InChI is InChI=1S/C26H27N5O4S/c1-17-7-9-19(10-8-17)22-14-20(11-12-28-22)26(32)31-13-3-4-18(15-31)16-35-23-6-2-5-21-24(23)25(27)30-36(33,34)29-21/h2,5-12,14,18,29H,3-4,13,15-16H2,1H3,(H2,27,30)/t18-/m0/s1. The minimum atomic E-state index is -3.85. The van der Waals surface area contributed by atoms with Gasteiger partial charge < -0.3 is 15.4 Å². The zero-order valence-corrected chi connectivity index (χ0v) is 20.7. The van der Waals surface area contributed by atoms with Crippen molar-refractivity contribution in [3.05, 3.63) is 77.5 Å². The van der Waals surface area contributed by atoms with E-state index >= 15 is 0 Å². The van der Waals surface area contributed by atoms with Crippen LogP contribution < -0.4 is 15.2 Å². The van der Waals surface area contributed by atoms with Crippen molar-refractivity contribution in [2.24, 2.45) is 16.0 Å². The molecule has 0 aliphatic carbocycles. The summed E-state index contributed by atoms with van der Waals surface area (Å²) in [5, 5.41) is 0. The maximum absolute atomic E-state index is 13.3. The highest BCUT2D eigenvalue weighted by Gasteiger charge is 2.27. The lowest BCUT2D eigenvalue weighted by molar-refractivity contribution is 0.0633. The predicted octanol–water partition coefficient (Wildman–Crippen LogP) is 3.36. The molecule has 0 bridgehead atoms. The number of hydrogen-bond donors (Lipinski definition) is 2. The predicted molar refractivity (Wildman–Crippen MR) is 138 cm³/mol. The van der Waals surface area contributed by atoms with Crippen molar-refractivity contribution >= 4 is 27.6 Å². The van der Waals surface area contributed by atoms with E-state index in [0.29, 0.717) is 42.3 Å². The average Bonchev–Trinajstić information content (AvgIpc) is 2.87. The number of amidine groups is 1. The number of fused-ring (bicyclic) bond motifs is 1. The second kappa shape index (κ2) is 9.62. The Morgan fingerprint density at radius 3 is 2.81 bits per heavy atom. The van der Waals surface area contributed by atoms with Gasteiger partial charge >= 0.3 is 10.2 Å². The quantitative estimate of drug-likeness (QED) is 0.547. The first-order valence-electron chi connectivity index (χ1n) is 11.8. The summed E-state index contributed by atoms with van der Waals surface area (Å²) in [7, 11) is -3.85. The van der Waals surface area contributed by atoms with Gasteiger partial charge in [-0.25, -0.2) is 0 Å². The Balaban J connectivity index is 1.27. The molecular formula is C26H27N5O4S. The number of piperidine rings is 1. The van der Waals surface area contributed by atoms with Crippen molar-refractivity contribution < 1.29 is 17.9 Å². The lowest BCUT2D eigenvalue weighted by Gasteiger charge is -2.33. The van der Waals surface area contributed by atoms with E-state index in [2.05, 4.69) is 14.1 Å². The van der Waals surface area contributed by atoms with E-state index < -0.39 is 10.2 Å². The van der Waals surface area contributed by atoms with E-state index in [1.807, 2.05) is 42.2 Å². The minimum Gasteiger partial charge on any atom is -0.492 e. The minimum absolute atomic E-state index is 0.0293. The number of aryl methyl sites for hydroxylation is 1. The lowest BCUT2D eigenvalue weighted by Crippen LogP contribution is -2.41. The molecule has 5 rings (SSSR count). The van der Waals surface area contributed by atoms with Gasteiger partial charge in [0.2, 0.25) is 0 Å². The molecule has 1 saturated heterocycles. The molecule has 0 radical (unpaired) electrons. The van der Waals surface area contributed by atoms with Crippen LogP contribution in [0.5, 0.6) is 5.75 Å². The second-order valence-electron chi connectivity index (χ2n) is 9.10. The summed E-state index contributed by atoms with van der Waals surface area (Å²) in [6, 6.07) is 16.7. The van der Waals surface area contributed by atoms with Crippen molar-refractivity contribution in [3.8, 4) is 17.0 Å². The van der Waals surface area contributed by atoms with E-state index in [4.69, 9.17) is 10.5 Å². The van der Waals surface area contributed by atoms with E-state index in [-0.39, 0.29) is 17.7 Å². The number of pyridine rings is 1. The van der Waals surface area contributed by atoms with Gasteiger partial charge in [-0.15, -0.1) is 4.40 Å². The molecule has 3 N–H and O–H groups in total. The van der Waals surface area contributed by atoms with Crippen LogP contribution in [0.15, 0.2) is 65.2 Å². The second-order valence-corrected chi connectivity index (χ2v) is 10.4. The number of ether oxygens (including phenoxy) is 1. The van der Waals surface area contributed by atoms with Crippen LogP contribution in [0.3, 0.4) is 0 Å². The smallest absolute Gasteiger partial charge is 0.344 e. The molecule has 9 nitrogen and oxygen atoms in total. The number of nitrogens with two attached hydrogens (primary N) is 1. The molecule has 3 aromatic rings. The van der Waals surface area contributed by atoms with Crippen LogP contribution in [0.4, 0.5) is 5.69 Å². The highest BCUT2D eigenvalue weighted by molar-refractivity contribution is 7.91. The fourth-order valence-corrected chi connectivity index (χ4v) is 5.40. The van der Waals surface area contributed by atoms with Gasteiger partial charge in [-0.1, -0.05) is 35.9 Å². The third-order valence-electron chi connectivity index (χ3n) is 6.37. The number of carbonyl (C=O) groups is 1. The first-order chi connectivity index (χ1) is 17.3. The molecule has 0 saturated carbocycles. The number of likely N-dealkylation sites (tertiary alicyclic amines) is 1. The van der Waals surface area contributed by atoms with Crippen molar-refractivity contribution in [1.82, 2.24) is 9.88 Å². The molecule has 2 aliphatic rings. The Kier molecular flexibility index (Phi) is 6.36. The van der Waals surface area contributed by atoms with Crippen LogP contribution in [-0.4, -0.2) is 49.7 Å². The number of nitrogens with one attached hydrogen (secondary N) is 1. The Morgan fingerprint density at radius 1 is 1.19 bits per heavy atom. The summed E-state index contributed by atoms with van der Waals surface area (Å²) in [6.07, 6.45) is 3.46. The zero-order valence-electron chi connectivity index (χ0n) is 19.8. The third kappa shape index (κ3) is 5.03. The number of aromatic nitrogens is 1. The highest BCUT2D eigenvalue weighted by Crippen LogP contribution is 2.31. The van der Waals surface area contributed by atoms with Gasteiger partial charge in [-0.2, -0.15) is 8.42 Å². The van der Waals surface area contributed by atoms with Gasteiger partial charge in [0, 0.05) is 36.3 Å². The largest absolute Gasteiger partial charge is 0.492 e. The fourth-order valence-electron chi connectivity index (χ4n) is 4.56. The average molecular weight is 506 g/mol. The molecule has 2 aliphatic heterocycles. The Morgan fingerprint density at radius 2 is 2.00 bits per heavy atom. The van der Waals surface area contributed by atoms with Crippen molar-refractivity contribution in [2.45, 2.75) is 19.8 Å². The molecule has 1 aromatic heterocycles. The van der Waals surface area contributed by atoms with E-state index in [9.17, 15) is 13.2 Å². The number of carbonyl (C=O) groups excluding carboxylic acids is 1. The molecule has 1 atom stereocenters. The van der Waals surface area contributed by atoms with Gasteiger partial charge in [0.15, 0.2) is 5.84 Å². The molecule has 186 valence electrons. The number of benzene rings is 2. The van der Waals surface area contributed by atoms with Crippen LogP contribution in [0.2, 0.25) is 0 Å². The summed E-state index contributed by atoms with van der Waals surface area (Å²) < 4.78 is 35.6. The monoisotopic (exact) mass is 505 g/mol. The van der Waals surface area contributed by atoms with Gasteiger partial charge in [0.05, 0.1) is 23.6 Å². The number of amides is 1. The first kappa shape index (κ1) is 23.8. The van der Waals surface area contributed by atoms with Crippen molar-refractivity contribution in [1.29, 1.82) is 0 Å². The summed E-state index contributed by atoms with van der Waals surface area (Å²) in [4.78, 5) is 19.6. The van der Waals surface area contributed by atoms with Crippen LogP contribution in [0, 0.1) is 12.8 Å². The summed E-state index contributed by atoms with van der Waals surface area (Å²) in [5.74, 6) is 0.437. The third-order valence-corrected chi connectivity index (χ3v) is 7.29. The van der Waals surface area contributed by atoms with Crippen molar-refractivity contribution in [3.63, 3.8) is 0 Å². The highest BCUT2D eigenvalue weighted by atomic mass is 32.2. The number of nitrogens with zero attached hydrogens (tertiary/aromatic N) is 3. The molecule has 0 spiro atoms. The maximum atomic E-state index is 13.3. The number of hydrogen-bond acceptors (Lipinski definition) is 6. The van der Waals surface area contributed by atoms with Crippen LogP contribution in [-0.2, 0) is 10.2 Å². The Bertz CT molecular complexity index is 1440. The normalized spacial score (nSPS) is 18.5. The van der Waals surface area contributed by atoms with Gasteiger partial charge in [-0.05, 0) is 44.0 Å². The van der Waals surface area contributed by atoms with E-state index in [1.54, 1.807) is 30.5 Å². The van der Waals surface area contributed by atoms with Gasteiger partial charge in [0.25, 0.3) is 5.91 Å². The van der Waals surface area contributed by atoms with E-state index in [1.165, 1.54) is 5.56 Å². The molecule has 3 heterocycles. The topological polar surface area (TPSA) is 127 Å². The molecule has 36 heavy (non-hydrogen) atoms. The van der Waals surface area contributed by atoms with E-state index in [0.717, 1.165) is 24.1 Å². The molecule has 10 heteroatoms. The molecule has 1 amide bonds. The summed E-state index contributed by atoms with van der Waals surface area (Å²) in [5.41, 5.74) is 10.2. The first-order valence-corrected chi connectivity index (χ1v) is 13.2. The van der Waals surface area contributed by atoms with Gasteiger partial charge in [0.1, 0.15) is 5.75 Å². The summed E-state index contributed by atoms with van der Waals surface area (Å²) >= 11 is 0. The number of anilines is 1. The SMILES string of the molecule is Cc1ccc(-c2cc(C(=O)N3CCC[C@H](COc4cccc5c4C(N)=NS(=O)(=O)N5)C3)ccn2)cc1. The maximum Gasteiger partial charge on any atom is 0.344 e. The van der Waals surface area contributed by atoms with Crippen LogP contribution >= 0.6 is 0 Å². The molecular weight excluding hydrogens is 478 g/mol. The molecule has 2 aromatic carbocycles. The van der Waals surface area contributed by atoms with Gasteiger partial charge in [-0.3, -0.25) is 14.5 Å². The summed E-state index contributed by atoms with van der Waals surface area (Å²) in [6.45, 7) is 3.64. The molecule has 0 unspecified atom stereocenters. The Hall–Kier alpha value is -3.92. The van der Waals surface area contributed by atoms with Crippen LogP contribution in [0.1, 0.15) is 34.3 Å². The fraction of sp³-hybridized carbons (Fsp3) is 0.269. The number of rotatable bonds is 5.